The second-order valence-electron chi connectivity index (χ2n) is 15.6. The van der Waals surface area contributed by atoms with E-state index in [1.807, 2.05) is 0 Å². The van der Waals surface area contributed by atoms with E-state index in [1.165, 1.54) is 154 Å². The molecule has 4 nitrogen and oxygen atoms in total. The van der Waals surface area contributed by atoms with Crippen molar-refractivity contribution in [3.8, 4) is 0 Å². The Morgan fingerprint density at radius 3 is 0.702 bits per heavy atom. The molecule has 0 atom stereocenters. The van der Waals surface area contributed by atoms with E-state index in [9.17, 15) is 20.4 Å². The van der Waals surface area contributed by atoms with Crippen molar-refractivity contribution in [1.82, 2.24) is 0 Å². The summed E-state index contributed by atoms with van der Waals surface area (Å²) in [4.78, 5) is 0. The molecule has 4 heteroatoms. The number of aliphatic hydroxyl groups is 4. The van der Waals surface area contributed by atoms with E-state index >= 15 is 0 Å². The summed E-state index contributed by atoms with van der Waals surface area (Å²) in [5.74, 6) is -0.0290. The molecule has 0 bridgehead atoms. The molecule has 0 rings (SSSR count). The summed E-state index contributed by atoms with van der Waals surface area (Å²) in [5, 5.41) is 45.9. The normalized spacial score (nSPS) is 12.6. The van der Waals surface area contributed by atoms with Crippen molar-refractivity contribution in [1.29, 1.82) is 0 Å². The maximum absolute atomic E-state index is 13.3. The third kappa shape index (κ3) is 20.3. The molecule has 47 heavy (non-hydrogen) atoms. The summed E-state index contributed by atoms with van der Waals surface area (Å²) in [6.45, 7) is 7.95. The van der Waals surface area contributed by atoms with Gasteiger partial charge in [-0.25, -0.2) is 0 Å². The van der Waals surface area contributed by atoms with Crippen LogP contribution in [0.2, 0.25) is 0 Å². The maximum Gasteiger partial charge on any atom is 0.0825 e. The summed E-state index contributed by atoms with van der Waals surface area (Å²) in [5.41, 5.74) is -2.56. The molecule has 0 aliphatic heterocycles. The van der Waals surface area contributed by atoms with Gasteiger partial charge < -0.3 is 20.4 Å². The third-order valence-corrected chi connectivity index (χ3v) is 11.6. The minimum absolute atomic E-state index is 0.0145. The first-order valence-corrected chi connectivity index (χ1v) is 21.5. The number of hydrogen-bond donors (Lipinski definition) is 4. The van der Waals surface area contributed by atoms with Crippen molar-refractivity contribution in [2.45, 2.75) is 239 Å². The highest BCUT2D eigenvalue weighted by atomic mass is 16.3. The standard InChI is InChI=1S/C43H88O4/c1-5-9-13-17-21-25-29-33-40(34-30-26-22-18-14-10-6-2)43(47,42(37-44,38-45)39-46)41(35-31-27-23-19-15-11-7-3)36-32-28-24-20-16-12-8-4/h40-41,44-47H,5-39H2,1-4H3. The van der Waals surface area contributed by atoms with Gasteiger partial charge in [0, 0.05) is 0 Å². The van der Waals surface area contributed by atoms with Gasteiger partial charge in [-0.15, -0.1) is 0 Å². The van der Waals surface area contributed by atoms with Crippen molar-refractivity contribution in [3.63, 3.8) is 0 Å². The predicted molar refractivity (Wildman–Crippen MR) is 206 cm³/mol. The van der Waals surface area contributed by atoms with Crippen LogP contribution in [0.4, 0.5) is 0 Å². The molecule has 0 amide bonds. The first-order chi connectivity index (χ1) is 23.0. The van der Waals surface area contributed by atoms with Crippen LogP contribution in [0, 0.1) is 17.3 Å². The Kier molecular flexibility index (Phi) is 32.9. The molecule has 0 aromatic carbocycles. The molecule has 0 aromatic rings. The van der Waals surface area contributed by atoms with Gasteiger partial charge in [-0.1, -0.05) is 207 Å². The predicted octanol–water partition coefficient (Wildman–Crippen LogP) is 12.5. The Hall–Kier alpha value is -0.160. The third-order valence-electron chi connectivity index (χ3n) is 11.6. The Morgan fingerprint density at radius 1 is 0.319 bits per heavy atom. The van der Waals surface area contributed by atoms with E-state index in [0.29, 0.717) is 0 Å². The minimum atomic E-state index is -1.28. The Bertz CT molecular complexity index is 535. The van der Waals surface area contributed by atoms with Crippen molar-refractivity contribution in [2.75, 3.05) is 19.8 Å². The Labute approximate surface area is 295 Å². The second-order valence-corrected chi connectivity index (χ2v) is 15.6. The van der Waals surface area contributed by atoms with Crippen LogP contribution in [-0.4, -0.2) is 45.8 Å². The summed E-state index contributed by atoms with van der Waals surface area (Å²) in [6.07, 6.45) is 38.4. The van der Waals surface area contributed by atoms with E-state index < -0.39 is 11.0 Å². The molecule has 0 aliphatic carbocycles. The highest BCUT2D eigenvalue weighted by Crippen LogP contribution is 2.50. The van der Waals surface area contributed by atoms with Crippen LogP contribution in [0.25, 0.3) is 0 Å². The molecule has 0 radical (unpaired) electrons. The van der Waals surface area contributed by atoms with Crippen LogP contribution in [0.5, 0.6) is 0 Å². The first kappa shape index (κ1) is 46.8. The molecular weight excluding hydrogens is 580 g/mol. The van der Waals surface area contributed by atoms with Crippen molar-refractivity contribution in [2.24, 2.45) is 17.3 Å². The molecule has 0 heterocycles. The van der Waals surface area contributed by atoms with E-state index in [-0.39, 0.29) is 31.7 Å². The number of unbranched alkanes of at least 4 members (excludes halogenated alkanes) is 24. The summed E-state index contributed by atoms with van der Waals surface area (Å²) in [6, 6.07) is 0. The molecule has 0 fully saturated rings. The highest BCUT2D eigenvalue weighted by Gasteiger charge is 2.57. The van der Waals surface area contributed by atoms with Gasteiger partial charge >= 0.3 is 0 Å². The molecule has 0 saturated heterocycles. The fourth-order valence-corrected chi connectivity index (χ4v) is 8.29. The van der Waals surface area contributed by atoms with E-state index in [4.69, 9.17) is 0 Å². The second kappa shape index (κ2) is 33.0. The number of hydrogen-bond acceptors (Lipinski definition) is 4. The van der Waals surface area contributed by atoms with Crippen LogP contribution in [-0.2, 0) is 0 Å². The van der Waals surface area contributed by atoms with Gasteiger partial charge in [0.05, 0.1) is 30.8 Å². The highest BCUT2D eigenvalue weighted by molar-refractivity contribution is 5.06. The van der Waals surface area contributed by atoms with Gasteiger partial charge in [0.1, 0.15) is 0 Å². The van der Waals surface area contributed by atoms with Crippen LogP contribution in [0.15, 0.2) is 0 Å². The van der Waals surface area contributed by atoms with Gasteiger partial charge in [0.2, 0.25) is 0 Å². The average Bonchev–Trinajstić information content (AvgIpc) is 3.09. The zero-order valence-corrected chi connectivity index (χ0v) is 32.7. The van der Waals surface area contributed by atoms with Gasteiger partial charge in [-0.05, 0) is 37.5 Å². The Balaban J connectivity index is 6.07. The molecule has 0 unspecified atom stereocenters. The van der Waals surface area contributed by atoms with E-state index in [1.54, 1.807) is 0 Å². The molecular formula is C43H88O4. The first-order valence-electron chi connectivity index (χ1n) is 21.5. The van der Waals surface area contributed by atoms with Gasteiger partial charge in [-0.2, -0.15) is 0 Å². The van der Waals surface area contributed by atoms with Crippen LogP contribution in [0.1, 0.15) is 233 Å². The fourth-order valence-electron chi connectivity index (χ4n) is 8.29. The van der Waals surface area contributed by atoms with Gasteiger partial charge in [0.15, 0.2) is 0 Å². The van der Waals surface area contributed by atoms with E-state index in [0.717, 1.165) is 51.4 Å². The summed E-state index contributed by atoms with van der Waals surface area (Å²) in [7, 11) is 0. The lowest BCUT2D eigenvalue weighted by atomic mass is 9.56. The smallest absolute Gasteiger partial charge is 0.0825 e. The molecule has 0 aromatic heterocycles. The van der Waals surface area contributed by atoms with Crippen molar-refractivity contribution in [3.05, 3.63) is 0 Å². The lowest BCUT2D eigenvalue weighted by molar-refractivity contribution is -0.216. The summed E-state index contributed by atoms with van der Waals surface area (Å²) < 4.78 is 0. The minimum Gasteiger partial charge on any atom is -0.395 e. The van der Waals surface area contributed by atoms with E-state index in [2.05, 4.69) is 27.7 Å². The summed E-state index contributed by atoms with van der Waals surface area (Å²) >= 11 is 0. The maximum atomic E-state index is 13.3. The zero-order valence-electron chi connectivity index (χ0n) is 32.7. The number of rotatable bonds is 38. The lowest BCUT2D eigenvalue weighted by Gasteiger charge is -2.54. The lowest BCUT2D eigenvalue weighted by Crippen LogP contribution is -2.63. The zero-order chi connectivity index (χ0) is 34.9. The fraction of sp³-hybridized carbons (Fsp3) is 1.00. The average molecular weight is 669 g/mol. The van der Waals surface area contributed by atoms with Crippen molar-refractivity contribution < 1.29 is 20.4 Å². The van der Waals surface area contributed by atoms with Gasteiger partial charge in [-0.3, -0.25) is 0 Å². The van der Waals surface area contributed by atoms with Gasteiger partial charge in [0.25, 0.3) is 0 Å². The topological polar surface area (TPSA) is 80.9 Å². The SMILES string of the molecule is CCCCCCCCCC(CCCCCCCCC)C(O)(C(CCCCCCCCC)CCCCCCCCC)C(CO)(CO)CO. The molecule has 0 aliphatic rings. The Morgan fingerprint density at radius 2 is 0.511 bits per heavy atom. The quantitative estimate of drug-likeness (QED) is 0.0494. The van der Waals surface area contributed by atoms with Crippen molar-refractivity contribution >= 4 is 0 Å². The molecule has 284 valence electrons. The monoisotopic (exact) mass is 669 g/mol. The molecule has 0 spiro atoms. The van der Waals surface area contributed by atoms with Crippen LogP contribution < -0.4 is 0 Å². The van der Waals surface area contributed by atoms with Crippen LogP contribution in [0.3, 0.4) is 0 Å². The molecule has 0 saturated carbocycles. The largest absolute Gasteiger partial charge is 0.395 e. The molecule has 4 N–H and O–H groups in total. The van der Waals surface area contributed by atoms with Crippen LogP contribution >= 0.6 is 0 Å². The number of aliphatic hydroxyl groups excluding tert-OH is 3.